The SMILES string of the molecule is O=C1NC(=S)S/C1=C/c1cc([N+](=O)[O-])ccc1OCCOc1ccccc1. The number of hydrogen-bond donors (Lipinski definition) is 1. The van der Waals surface area contributed by atoms with Gasteiger partial charge in [-0.15, -0.1) is 0 Å². The van der Waals surface area contributed by atoms with E-state index in [-0.39, 0.29) is 18.2 Å². The van der Waals surface area contributed by atoms with Crippen LogP contribution in [0.25, 0.3) is 6.08 Å². The molecule has 1 heterocycles. The molecule has 1 N–H and O–H groups in total. The third kappa shape index (κ3) is 5.05. The predicted molar refractivity (Wildman–Crippen MR) is 107 cm³/mol. The minimum atomic E-state index is -0.503. The third-order valence-corrected chi connectivity index (χ3v) is 4.65. The second-order valence-electron chi connectivity index (χ2n) is 5.34. The number of nitro groups is 1. The molecule has 3 rings (SSSR count). The van der Waals surface area contributed by atoms with Gasteiger partial charge in [0, 0.05) is 17.7 Å². The van der Waals surface area contributed by atoms with Crippen molar-refractivity contribution in [3.8, 4) is 11.5 Å². The Morgan fingerprint density at radius 1 is 1.15 bits per heavy atom. The molecule has 9 heteroatoms. The van der Waals surface area contributed by atoms with Crippen LogP contribution in [0.4, 0.5) is 5.69 Å². The van der Waals surface area contributed by atoms with Crippen LogP contribution in [0.1, 0.15) is 5.56 Å². The molecule has 138 valence electrons. The Bertz CT molecular complexity index is 915. The number of nitrogens with zero attached hydrogens (tertiary/aromatic N) is 1. The van der Waals surface area contributed by atoms with Gasteiger partial charge in [0.05, 0.1) is 9.83 Å². The fourth-order valence-corrected chi connectivity index (χ4v) is 3.32. The van der Waals surface area contributed by atoms with Gasteiger partial charge in [-0.2, -0.15) is 0 Å². The molecule has 0 spiro atoms. The van der Waals surface area contributed by atoms with Crippen molar-refractivity contribution in [1.29, 1.82) is 0 Å². The number of nitrogens with one attached hydrogen (secondary N) is 1. The summed E-state index contributed by atoms with van der Waals surface area (Å²) >= 11 is 6.05. The van der Waals surface area contributed by atoms with Crippen LogP contribution in [0.15, 0.2) is 53.4 Å². The number of thiocarbonyl (C=S) groups is 1. The van der Waals surface area contributed by atoms with E-state index >= 15 is 0 Å². The molecule has 1 aliphatic heterocycles. The molecule has 27 heavy (non-hydrogen) atoms. The second kappa shape index (κ2) is 8.65. The van der Waals surface area contributed by atoms with Gasteiger partial charge in [0.2, 0.25) is 0 Å². The van der Waals surface area contributed by atoms with E-state index in [1.54, 1.807) is 0 Å². The normalized spacial score (nSPS) is 14.9. The van der Waals surface area contributed by atoms with Gasteiger partial charge in [-0.3, -0.25) is 14.9 Å². The van der Waals surface area contributed by atoms with Gasteiger partial charge in [-0.25, -0.2) is 0 Å². The van der Waals surface area contributed by atoms with E-state index in [1.807, 2.05) is 30.3 Å². The third-order valence-electron chi connectivity index (χ3n) is 3.49. The number of carbonyl (C=O) groups excluding carboxylic acids is 1. The van der Waals surface area contributed by atoms with Crippen LogP contribution in [-0.4, -0.2) is 28.4 Å². The average Bonchev–Trinajstić information content (AvgIpc) is 2.97. The number of rotatable bonds is 7. The number of carbonyl (C=O) groups is 1. The van der Waals surface area contributed by atoms with Crippen molar-refractivity contribution in [3.05, 3.63) is 69.1 Å². The van der Waals surface area contributed by atoms with E-state index in [1.165, 1.54) is 24.3 Å². The Hall–Kier alpha value is -2.91. The first kappa shape index (κ1) is 18.9. The van der Waals surface area contributed by atoms with Crippen molar-refractivity contribution >= 4 is 46.0 Å². The number of non-ortho nitro benzene ring substituents is 1. The van der Waals surface area contributed by atoms with Crippen LogP contribution in [0.2, 0.25) is 0 Å². The maximum absolute atomic E-state index is 11.9. The quantitative estimate of drug-likeness (QED) is 0.249. The summed E-state index contributed by atoms with van der Waals surface area (Å²) in [6.45, 7) is 0.539. The fraction of sp³-hybridized carbons (Fsp3) is 0.111. The van der Waals surface area contributed by atoms with Crippen molar-refractivity contribution in [2.45, 2.75) is 0 Å². The van der Waals surface area contributed by atoms with Crippen molar-refractivity contribution in [3.63, 3.8) is 0 Å². The molecular weight excluding hydrogens is 388 g/mol. The highest BCUT2D eigenvalue weighted by atomic mass is 32.2. The summed E-state index contributed by atoms with van der Waals surface area (Å²) in [5.41, 5.74) is 0.326. The first-order valence-electron chi connectivity index (χ1n) is 7.87. The second-order valence-corrected chi connectivity index (χ2v) is 7.06. The first-order valence-corrected chi connectivity index (χ1v) is 9.09. The van der Waals surface area contributed by atoms with Crippen molar-refractivity contribution in [2.75, 3.05) is 13.2 Å². The van der Waals surface area contributed by atoms with E-state index in [2.05, 4.69) is 5.32 Å². The summed E-state index contributed by atoms with van der Waals surface area (Å²) < 4.78 is 11.6. The Morgan fingerprint density at radius 2 is 1.89 bits per heavy atom. The Balaban J connectivity index is 1.73. The van der Waals surface area contributed by atoms with E-state index in [0.29, 0.717) is 27.1 Å². The Labute approximate surface area is 164 Å². The van der Waals surface area contributed by atoms with Crippen LogP contribution in [0, 0.1) is 10.1 Å². The summed E-state index contributed by atoms with van der Waals surface area (Å²) in [5, 5.41) is 13.6. The molecule has 0 unspecified atom stereocenters. The highest BCUT2D eigenvalue weighted by Crippen LogP contribution is 2.31. The molecule has 0 radical (unpaired) electrons. The van der Waals surface area contributed by atoms with Gasteiger partial charge >= 0.3 is 0 Å². The average molecular weight is 402 g/mol. The van der Waals surface area contributed by atoms with E-state index in [4.69, 9.17) is 21.7 Å². The number of thioether (sulfide) groups is 1. The lowest BCUT2D eigenvalue weighted by Gasteiger charge is -2.11. The van der Waals surface area contributed by atoms with E-state index in [9.17, 15) is 14.9 Å². The van der Waals surface area contributed by atoms with Crippen molar-refractivity contribution in [1.82, 2.24) is 5.32 Å². The van der Waals surface area contributed by atoms with Crippen molar-refractivity contribution < 1.29 is 19.2 Å². The lowest BCUT2D eigenvalue weighted by Crippen LogP contribution is -2.17. The minimum Gasteiger partial charge on any atom is -0.490 e. The van der Waals surface area contributed by atoms with Gasteiger partial charge < -0.3 is 14.8 Å². The minimum absolute atomic E-state index is 0.0966. The molecule has 7 nitrogen and oxygen atoms in total. The maximum atomic E-state index is 11.9. The number of para-hydroxylation sites is 1. The lowest BCUT2D eigenvalue weighted by molar-refractivity contribution is -0.384. The Morgan fingerprint density at radius 3 is 2.56 bits per heavy atom. The van der Waals surface area contributed by atoms with E-state index in [0.717, 1.165) is 17.5 Å². The van der Waals surface area contributed by atoms with Crippen LogP contribution < -0.4 is 14.8 Å². The van der Waals surface area contributed by atoms with Gasteiger partial charge in [0.25, 0.3) is 11.6 Å². The summed E-state index contributed by atoms with van der Waals surface area (Å²) in [4.78, 5) is 22.8. The zero-order valence-electron chi connectivity index (χ0n) is 13.9. The molecule has 2 aromatic carbocycles. The van der Waals surface area contributed by atoms with Crippen LogP contribution in [0.3, 0.4) is 0 Å². The smallest absolute Gasteiger partial charge is 0.270 e. The van der Waals surface area contributed by atoms with Crippen LogP contribution in [-0.2, 0) is 4.79 Å². The number of ether oxygens (including phenoxy) is 2. The number of amides is 1. The number of nitro benzene ring substituents is 1. The summed E-state index contributed by atoms with van der Waals surface area (Å²) in [7, 11) is 0. The highest BCUT2D eigenvalue weighted by molar-refractivity contribution is 8.26. The Kier molecular flexibility index (Phi) is 6.05. The summed E-state index contributed by atoms with van der Waals surface area (Å²) in [6, 6.07) is 13.5. The predicted octanol–water partition coefficient (Wildman–Crippen LogP) is 3.54. The molecule has 1 fully saturated rings. The van der Waals surface area contributed by atoms with Gasteiger partial charge in [0.1, 0.15) is 29.0 Å². The molecule has 1 aliphatic rings. The summed E-state index contributed by atoms with van der Waals surface area (Å²) in [6.07, 6.45) is 1.53. The standard InChI is InChI=1S/C18H14N2O5S2/c21-17-16(27-18(26)19-17)11-12-10-13(20(22)23)6-7-15(12)25-9-8-24-14-4-2-1-3-5-14/h1-7,10-11H,8-9H2,(H,19,21,26)/b16-11+. The highest BCUT2D eigenvalue weighted by Gasteiger charge is 2.23. The number of benzene rings is 2. The first-order chi connectivity index (χ1) is 13.0. The lowest BCUT2D eigenvalue weighted by atomic mass is 10.1. The molecule has 1 amide bonds. The zero-order chi connectivity index (χ0) is 19.2. The molecular formula is C18H14N2O5S2. The van der Waals surface area contributed by atoms with Gasteiger partial charge in [-0.1, -0.05) is 42.2 Å². The molecule has 0 aromatic heterocycles. The van der Waals surface area contributed by atoms with Crippen molar-refractivity contribution in [2.24, 2.45) is 0 Å². The molecule has 0 atom stereocenters. The topological polar surface area (TPSA) is 90.7 Å². The van der Waals surface area contributed by atoms with Gasteiger partial charge in [-0.05, 0) is 24.3 Å². The molecule has 2 aromatic rings. The van der Waals surface area contributed by atoms with Gasteiger partial charge in [0.15, 0.2) is 0 Å². The zero-order valence-corrected chi connectivity index (χ0v) is 15.5. The largest absolute Gasteiger partial charge is 0.490 e. The molecule has 1 saturated heterocycles. The monoisotopic (exact) mass is 402 g/mol. The molecule has 0 aliphatic carbocycles. The van der Waals surface area contributed by atoms with Crippen LogP contribution >= 0.6 is 24.0 Å². The molecule has 0 bridgehead atoms. The number of hydrogen-bond acceptors (Lipinski definition) is 7. The summed E-state index contributed by atoms with van der Waals surface area (Å²) in [5.74, 6) is 0.797. The fourth-order valence-electron chi connectivity index (χ4n) is 2.28. The maximum Gasteiger partial charge on any atom is 0.270 e. The van der Waals surface area contributed by atoms with Crippen LogP contribution in [0.5, 0.6) is 11.5 Å². The molecule has 0 saturated carbocycles. The van der Waals surface area contributed by atoms with E-state index < -0.39 is 4.92 Å².